The fourth-order valence-corrected chi connectivity index (χ4v) is 0.776. The molecule has 50 valence electrons. The largest absolute Gasteiger partial charge is 0.329 e. The van der Waals surface area contributed by atoms with Crippen LogP contribution in [0.3, 0.4) is 0 Å². The summed E-state index contributed by atoms with van der Waals surface area (Å²) in [6, 6.07) is 1.85. The maximum Gasteiger partial charge on any atom is 0.227 e. The Labute approximate surface area is 57.5 Å². The Morgan fingerprint density at radius 1 is 1.40 bits per heavy atom. The Balaban J connectivity index is 2.48. The second-order valence-electron chi connectivity index (χ2n) is 1.86. The molecule has 2 aromatic heterocycles. The molecule has 0 unspecified atom stereocenters. The highest BCUT2D eigenvalue weighted by atomic mass is 15.3. The number of imidazole rings is 1. The van der Waals surface area contributed by atoms with Gasteiger partial charge < -0.3 is 4.98 Å². The van der Waals surface area contributed by atoms with Gasteiger partial charge in [-0.05, 0) is 6.07 Å². The van der Waals surface area contributed by atoms with Gasteiger partial charge in [-0.1, -0.05) is 0 Å². The van der Waals surface area contributed by atoms with Gasteiger partial charge in [0.1, 0.15) is 0 Å². The zero-order chi connectivity index (χ0) is 6.81. The molecule has 2 aromatic rings. The average Bonchev–Trinajstić information content (AvgIpc) is 2.59. The number of aromatic amines is 1. The molecule has 0 aliphatic heterocycles. The molecule has 0 saturated carbocycles. The van der Waals surface area contributed by atoms with Gasteiger partial charge in [0.05, 0.1) is 0 Å². The normalized spacial score (nSPS) is 10.0. The maximum absolute atomic E-state index is 4.00. The highest BCUT2D eigenvalue weighted by Gasteiger charge is 1.93. The number of rotatable bonds is 1. The van der Waals surface area contributed by atoms with Crippen molar-refractivity contribution in [3.8, 4) is 5.95 Å². The van der Waals surface area contributed by atoms with E-state index in [1.54, 1.807) is 23.3 Å². The van der Waals surface area contributed by atoms with Crippen LogP contribution in [0, 0.1) is 0 Å². The molecule has 0 amide bonds. The molecule has 4 nitrogen and oxygen atoms in total. The van der Waals surface area contributed by atoms with Gasteiger partial charge in [0.25, 0.3) is 0 Å². The standard InChI is InChI=1S/C6H6N4/c1-2-9-10(5-1)6-7-3-4-8-6/h1-5H,(H,7,8). The van der Waals surface area contributed by atoms with Gasteiger partial charge in [-0.3, -0.25) is 0 Å². The summed E-state index contributed by atoms with van der Waals surface area (Å²) in [5, 5.41) is 3.98. The minimum atomic E-state index is 0.741. The fraction of sp³-hybridized carbons (Fsp3) is 0. The summed E-state index contributed by atoms with van der Waals surface area (Å²) < 4.78 is 1.67. The predicted octanol–water partition coefficient (Wildman–Crippen LogP) is 0.595. The SMILES string of the molecule is c1cnn(-c2ncc[nH]2)c1. The molecule has 0 spiro atoms. The molecule has 0 fully saturated rings. The predicted molar refractivity (Wildman–Crippen MR) is 35.7 cm³/mol. The Kier molecular flexibility index (Phi) is 1.04. The Hall–Kier alpha value is -1.58. The van der Waals surface area contributed by atoms with Crippen LogP contribution >= 0.6 is 0 Å². The first-order valence-corrected chi connectivity index (χ1v) is 2.96. The summed E-state index contributed by atoms with van der Waals surface area (Å²) in [4.78, 5) is 6.93. The van der Waals surface area contributed by atoms with Crippen molar-refractivity contribution in [2.45, 2.75) is 0 Å². The molecule has 10 heavy (non-hydrogen) atoms. The maximum atomic E-state index is 4.00. The molecule has 1 N–H and O–H groups in total. The number of nitrogens with one attached hydrogen (secondary N) is 1. The number of hydrogen-bond acceptors (Lipinski definition) is 2. The van der Waals surface area contributed by atoms with E-state index < -0.39 is 0 Å². The van der Waals surface area contributed by atoms with Crippen LogP contribution in [0.25, 0.3) is 5.95 Å². The van der Waals surface area contributed by atoms with Crippen molar-refractivity contribution in [3.63, 3.8) is 0 Å². The molecule has 0 saturated heterocycles. The molecular formula is C6H6N4. The van der Waals surface area contributed by atoms with E-state index in [2.05, 4.69) is 15.1 Å². The summed E-state index contributed by atoms with van der Waals surface area (Å²) in [6.07, 6.45) is 7.00. The van der Waals surface area contributed by atoms with Crippen molar-refractivity contribution in [3.05, 3.63) is 30.9 Å². The highest BCUT2D eigenvalue weighted by molar-refractivity contribution is 5.07. The molecule has 2 heterocycles. The van der Waals surface area contributed by atoms with Gasteiger partial charge in [-0.15, -0.1) is 0 Å². The van der Waals surface area contributed by atoms with Crippen LogP contribution in [0.4, 0.5) is 0 Å². The highest BCUT2D eigenvalue weighted by Crippen LogP contribution is 1.94. The lowest BCUT2D eigenvalue weighted by Gasteiger charge is -1.90. The van der Waals surface area contributed by atoms with Crippen molar-refractivity contribution < 1.29 is 0 Å². The van der Waals surface area contributed by atoms with E-state index >= 15 is 0 Å². The molecule has 0 bridgehead atoms. The van der Waals surface area contributed by atoms with E-state index in [1.165, 1.54) is 0 Å². The quantitative estimate of drug-likeness (QED) is 0.620. The molecule has 0 aromatic carbocycles. The third-order valence-corrected chi connectivity index (χ3v) is 1.21. The summed E-state index contributed by atoms with van der Waals surface area (Å²) in [7, 11) is 0. The van der Waals surface area contributed by atoms with E-state index in [4.69, 9.17) is 0 Å². The van der Waals surface area contributed by atoms with Crippen LogP contribution in [-0.4, -0.2) is 19.7 Å². The smallest absolute Gasteiger partial charge is 0.227 e. The van der Waals surface area contributed by atoms with Crippen LogP contribution in [0.2, 0.25) is 0 Å². The van der Waals surface area contributed by atoms with E-state index in [-0.39, 0.29) is 0 Å². The Morgan fingerprint density at radius 2 is 2.40 bits per heavy atom. The number of H-pyrrole nitrogens is 1. The summed E-state index contributed by atoms with van der Waals surface area (Å²) >= 11 is 0. The fourth-order valence-electron chi connectivity index (χ4n) is 0.776. The zero-order valence-electron chi connectivity index (χ0n) is 5.23. The molecular weight excluding hydrogens is 128 g/mol. The first-order valence-electron chi connectivity index (χ1n) is 2.96. The second-order valence-corrected chi connectivity index (χ2v) is 1.86. The number of nitrogens with zero attached hydrogens (tertiary/aromatic N) is 3. The molecule has 2 rings (SSSR count). The van der Waals surface area contributed by atoms with Gasteiger partial charge in [0.2, 0.25) is 5.95 Å². The third kappa shape index (κ3) is 0.699. The summed E-state index contributed by atoms with van der Waals surface area (Å²) in [6.45, 7) is 0. The monoisotopic (exact) mass is 134 g/mol. The van der Waals surface area contributed by atoms with Crippen molar-refractivity contribution in [2.75, 3.05) is 0 Å². The van der Waals surface area contributed by atoms with Crippen LogP contribution in [0.15, 0.2) is 30.9 Å². The minimum Gasteiger partial charge on any atom is -0.329 e. The topological polar surface area (TPSA) is 46.5 Å². The Morgan fingerprint density at radius 3 is 3.00 bits per heavy atom. The molecule has 0 radical (unpaired) electrons. The number of aromatic nitrogens is 4. The molecule has 0 atom stereocenters. The van der Waals surface area contributed by atoms with Crippen molar-refractivity contribution in [1.29, 1.82) is 0 Å². The zero-order valence-corrected chi connectivity index (χ0v) is 5.23. The van der Waals surface area contributed by atoms with E-state index in [9.17, 15) is 0 Å². The number of hydrogen-bond donors (Lipinski definition) is 1. The molecule has 0 aliphatic rings. The van der Waals surface area contributed by atoms with E-state index in [0.29, 0.717) is 0 Å². The average molecular weight is 134 g/mol. The van der Waals surface area contributed by atoms with Gasteiger partial charge in [0.15, 0.2) is 0 Å². The minimum absolute atomic E-state index is 0.741. The van der Waals surface area contributed by atoms with Gasteiger partial charge in [-0.25, -0.2) is 9.67 Å². The van der Waals surface area contributed by atoms with Crippen molar-refractivity contribution >= 4 is 0 Å². The van der Waals surface area contributed by atoms with Crippen LogP contribution < -0.4 is 0 Å². The Bertz CT molecular complexity index is 249. The van der Waals surface area contributed by atoms with E-state index in [1.807, 2.05) is 12.3 Å². The summed E-state index contributed by atoms with van der Waals surface area (Å²) in [5.74, 6) is 0.741. The molecule has 0 aliphatic carbocycles. The third-order valence-electron chi connectivity index (χ3n) is 1.21. The first kappa shape index (κ1) is 5.22. The van der Waals surface area contributed by atoms with Crippen molar-refractivity contribution in [2.24, 2.45) is 0 Å². The lowest BCUT2D eigenvalue weighted by atomic mass is 10.7. The van der Waals surface area contributed by atoms with Crippen molar-refractivity contribution in [1.82, 2.24) is 19.7 Å². The molecule has 4 heteroatoms. The summed E-state index contributed by atoms with van der Waals surface area (Å²) in [5.41, 5.74) is 0. The van der Waals surface area contributed by atoms with E-state index in [0.717, 1.165) is 5.95 Å². The van der Waals surface area contributed by atoms with Gasteiger partial charge in [0, 0.05) is 24.8 Å². The lowest BCUT2D eigenvalue weighted by Crippen LogP contribution is -1.95. The van der Waals surface area contributed by atoms with Crippen LogP contribution in [-0.2, 0) is 0 Å². The van der Waals surface area contributed by atoms with Gasteiger partial charge >= 0.3 is 0 Å². The van der Waals surface area contributed by atoms with Crippen LogP contribution in [0.1, 0.15) is 0 Å². The lowest BCUT2D eigenvalue weighted by molar-refractivity contribution is 0.825. The van der Waals surface area contributed by atoms with Crippen LogP contribution in [0.5, 0.6) is 0 Å². The second kappa shape index (κ2) is 1.98. The first-order chi connectivity index (χ1) is 4.97. The van der Waals surface area contributed by atoms with Gasteiger partial charge in [-0.2, -0.15) is 5.10 Å².